The van der Waals surface area contributed by atoms with Crippen LogP contribution >= 0.6 is 0 Å². The van der Waals surface area contributed by atoms with Gasteiger partial charge in [0.1, 0.15) is 5.82 Å². The van der Waals surface area contributed by atoms with Crippen molar-refractivity contribution in [3.63, 3.8) is 0 Å². The molecule has 0 heterocycles. The molecule has 0 atom stereocenters. The number of nitrogens with zero attached hydrogens (tertiary/aromatic N) is 1. The Kier molecular flexibility index (Phi) is 8.39. The molecule has 0 aliphatic carbocycles. The van der Waals surface area contributed by atoms with Crippen molar-refractivity contribution in [3.8, 4) is 17.2 Å². The Hall–Kier alpha value is -2.96. The van der Waals surface area contributed by atoms with Crippen LogP contribution < -0.4 is 24.8 Å². The second-order valence-electron chi connectivity index (χ2n) is 6.05. The molecule has 7 heteroatoms. The Bertz CT molecular complexity index is 796. The van der Waals surface area contributed by atoms with Crippen LogP contribution in [0, 0.1) is 5.82 Å². The van der Waals surface area contributed by atoms with Crippen LogP contribution in [0.5, 0.6) is 17.2 Å². The van der Waals surface area contributed by atoms with E-state index in [0.29, 0.717) is 49.1 Å². The van der Waals surface area contributed by atoms with Gasteiger partial charge in [-0.15, -0.1) is 0 Å². The fraction of sp³-hybridized carbons (Fsp3) is 0.381. The smallest absolute Gasteiger partial charge is 0.203 e. The highest BCUT2D eigenvalue weighted by Gasteiger charge is 2.15. The molecule has 0 saturated carbocycles. The molecule has 0 amide bonds. The zero-order valence-corrected chi connectivity index (χ0v) is 16.8. The second kappa shape index (κ2) is 11.0. The molecule has 0 fully saturated rings. The molecule has 0 bridgehead atoms. The predicted octanol–water partition coefficient (Wildman–Crippen LogP) is 2.80. The molecule has 0 aliphatic heterocycles. The summed E-state index contributed by atoms with van der Waals surface area (Å²) in [6.07, 6.45) is 1.43. The number of methoxy groups -OCH3 is 3. The molecule has 2 N–H and O–H groups in total. The van der Waals surface area contributed by atoms with Gasteiger partial charge < -0.3 is 24.8 Å². The van der Waals surface area contributed by atoms with E-state index in [1.807, 2.05) is 18.2 Å². The van der Waals surface area contributed by atoms with Crippen molar-refractivity contribution in [1.82, 2.24) is 10.6 Å². The lowest BCUT2D eigenvalue weighted by Gasteiger charge is -2.16. The minimum absolute atomic E-state index is 0.219. The molecular formula is C21H28FN3O3. The lowest BCUT2D eigenvalue weighted by Crippen LogP contribution is -2.39. The molecule has 0 spiro atoms. The van der Waals surface area contributed by atoms with Crippen molar-refractivity contribution in [2.75, 3.05) is 41.5 Å². The first-order valence-corrected chi connectivity index (χ1v) is 9.09. The Morgan fingerprint density at radius 2 is 1.64 bits per heavy atom. The summed E-state index contributed by atoms with van der Waals surface area (Å²) in [6, 6.07) is 10.4. The molecule has 0 unspecified atom stereocenters. The van der Waals surface area contributed by atoms with Crippen LogP contribution in [0.4, 0.5) is 4.39 Å². The second-order valence-corrected chi connectivity index (χ2v) is 6.05. The Labute approximate surface area is 165 Å². The quantitative estimate of drug-likeness (QED) is 0.510. The number of ether oxygens (including phenoxy) is 3. The number of guanidine groups is 1. The fourth-order valence-corrected chi connectivity index (χ4v) is 2.91. The standard InChI is InChI=1S/C21H28FN3O3/c1-23-21(24-12-10-15-6-5-7-17(22)14-15)25-13-11-16-8-9-18(26-2)20(28-4)19(16)27-3/h5-9,14H,10-13H2,1-4H3,(H2,23,24,25). The molecule has 2 aromatic rings. The van der Waals surface area contributed by atoms with Crippen molar-refractivity contribution < 1.29 is 18.6 Å². The molecule has 152 valence electrons. The molecule has 0 radical (unpaired) electrons. The van der Waals surface area contributed by atoms with Gasteiger partial charge in [0, 0.05) is 25.7 Å². The number of hydrogen-bond donors (Lipinski definition) is 2. The van der Waals surface area contributed by atoms with Gasteiger partial charge in [0.25, 0.3) is 0 Å². The average molecular weight is 389 g/mol. The molecule has 6 nitrogen and oxygen atoms in total. The average Bonchev–Trinajstić information content (AvgIpc) is 2.71. The molecule has 0 saturated heterocycles. The molecule has 0 aliphatic rings. The third-order valence-corrected chi connectivity index (χ3v) is 4.29. The Morgan fingerprint density at radius 1 is 0.929 bits per heavy atom. The summed E-state index contributed by atoms with van der Waals surface area (Å²) >= 11 is 0. The summed E-state index contributed by atoms with van der Waals surface area (Å²) in [4.78, 5) is 4.22. The van der Waals surface area contributed by atoms with Crippen LogP contribution in [0.3, 0.4) is 0 Å². The number of halogens is 1. The van der Waals surface area contributed by atoms with Gasteiger partial charge in [-0.05, 0) is 36.6 Å². The van der Waals surface area contributed by atoms with Crippen molar-refractivity contribution in [3.05, 3.63) is 53.3 Å². The van der Waals surface area contributed by atoms with Gasteiger partial charge in [0.2, 0.25) is 5.75 Å². The topological polar surface area (TPSA) is 64.1 Å². The van der Waals surface area contributed by atoms with E-state index in [9.17, 15) is 4.39 Å². The third-order valence-electron chi connectivity index (χ3n) is 4.29. The molecular weight excluding hydrogens is 361 g/mol. The van der Waals surface area contributed by atoms with Gasteiger partial charge in [-0.1, -0.05) is 18.2 Å². The summed E-state index contributed by atoms with van der Waals surface area (Å²) in [7, 11) is 6.51. The maximum atomic E-state index is 13.2. The summed E-state index contributed by atoms with van der Waals surface area (Å²) in [5.74, 6) is 2.35. The maximum absolute atomic E-state index is 13.2. The first-order valence-electron chi connectivity index (χ1n) is 9.09. The van der Waals surface area contributed by atoms with Gasteiger partial charge >= 0.3 is 0 Å². The number of nitrogens with one attached hydrogen (secondary N) is 2. The molecule has 2 aromatic carbocycles. The highest BCUT2D eigenvalue weighted by molar-refractivity contribution is 5.79. The zero-order valence-electron chi connectivity index (χ0n) is 16.8. The van der Waals surface area contributed by atoms with E-state index < -0.39 is 0 Å². The SMILES string of the molecule is CN=C(NCCc1cccc(F)c1)NCCc1ccc(OC)c(OC)c1OC. The highest BCUT2D eigenvalue weighted by atomic mass is 19.1. The van der Waals surface area contributed by atoms with Crippen LogP contribution in [0.15, 0.2) is 41.4 Å². The fourth-order valence-electron chi connectivity index (χ4n) is 2.91. The monoisotopic (exact) mass is 389 g/mol. The van der Waals surface area contributed by atoms with Crippen molar-refractivity contribution in [2.24, 2.45) is 4.99 Å². The number of hydrogen-bond acceptors (Lipinski definition) is 4. The van der Waals surface area contributed by atoms with Crippen LogP contribution in [0.25, 0.3) is 0 Å². The lowest BCUT2D eigenvalue weighted by atomic mass is 10.1. The Balaban J connectivity index is 1.87. The van der Waals surface area contributed by atoms with Gasteiger partial charge in [-0.2, -0.15) is 0 Å². The van der Waals surface area contributed by atoms with E-state index >= 15 is 0 Å². The maximum Gasteiger partial charge on any atom is 0.203 e. The first-order chi connectivity index (χ1) is 13.6. The molecule has 28 heavy (non-hydrogen) atoms. The van der Waals surface area contributed by atoms with E-state index in [1.165, 1.54) is 6.07 Å². The summed E-state index contributed by atoms with van der Waals surface area (Å²) in [5, 5.41) is 6.50. The minimum atomic E-state index is -0.219. The Morgan fingerprint density at radius 3 is 2.25 bits per heavy atom. The van der Waals surface area contributed by atoms with E-state index in [2.05, 4.69) is 15.6 Å². The predicted molar refractivity (Wildman–Crippen MR) is 109 cm³/mol. The number of rotatable bonds is 9. The minimum Gasteiger partial charge on any atom is -0.493 e. The van der Waals surface area contributed by atoms with Gasteiger partial charge in [-0.3, -0.25) is 4.99 Å². The van der Waals surface area contributed by atoms with Gasteiger partial charge in [0.05, 0.1) is 21.3 Å². The van der Waals surface area contributed by atoms with E-state index in [0.717, 1.165) is 11.1 Å². The van der Waals surface area contributed by atoms with Gasteiger partial charge in [-0.25, -0.2) is 4.39 Å². The first kappa shape index (κ1) is 21.3. The van der Waals surface area contributed by atoms with E-state index in [1.54, 1.807) is 40.5 Å². The van der Waals surface area contributed by atoms with Gasteiger partial charge in [0.15, 0.2) is 17.5 Å². The summed E-state index contributed by atoms with van der Waals surface area (Å²) in [6.45, 7) is 1.31. The van der Waals surface area contributed by atoms with Crippen LogP contribution in [-0.4, -0.2) is 47.4 Å². The third kappa shape index (κ3) is 5.77. The normalized spacial score (nSPS) is 11.1. The van der Waals surface area contributed by atoms with E-state index in [-0.39, 0.29) is 5.82 Å². The van der Waals surface area contributed by atoms with Crippen LogP contribution in [-0.2, 0) is 12.8 Å². The largest absolute Gasteiger partial charge is 0.493 e. The molecule has 0 aromatic heterocycles. The van der Waals surface area contributed by atoms with Crippen molar-refractivity contribution in [2.45, 2.75) is 12.8 Å². The van der Waals surface area contributed by atoms with E-state index in [4.69, 9.17) is 14.2 Å². The molecule has 2 rings (SSSR count). The number of benzene rings is 2. The van der Waals surface area contributed by atoms with Crippen LogP contribution in [0.2, 0.25) is 0 Å². The van der Waals surface area contributed by atoms with Crippen LogP contribution in [0.1, 0.15) is 11.1 Å². The van der Waals surface area contributed by atoms with Crippen molar-refractivity contribution in [1.29, 1.82) is 0 Å². The summed E-state index contributed by atoms with van der Waals surface area (Å²) in [5.41, 5.74) is 1.95. The summed E-state index contributed by atoms with van der Waals surface area (Å²) < 4.78 is 29.5. The lowest BCUT2D eigenvalue weighted by molar-refractivity contribution is 0.322. The highest BCUT2D eigenvalue weighted by Crippen LogP contribution is 2.39. The van der Waals surface area contributed by atoms with Crippen molar-refractivity contribution >= 4 is 5.96 Å². The number of aliphatic imine (C=N–C) groups is 1. The zero-order chi connectivity index (χ0) is 20.4.